The largest absolute Gasteiger partial charge is 0.477 e. The van der Waals surface area contributed by atoms with E-state index in [9.17, 15) is 9.18 Å². The highest BCUT2D eigenvalue weighted by Crippen LogP contribution is 2.29. The molecule has 0 aliphatic heterocycles. The molecule has 1 aliphatic rings. The van der Waals surface area contributed by atoms with Crippen LogP contribution < -0.4 is 10.1 Å². The van der Waals surface area contributed by atoms with Crippen LogP contribution in [0.15, 0.2) is 18.2 Å². The SMILES string of the molecule is CCOc1nc2nc(Cc3c(Cl)cc(F)cc3Cl)[nH]c2cc1C(=O)NC1CCC(C)CC1. The molecule has 32 heavy (non-hydrogen) atoms. The number of carbonyl (C=O) groups excluding carboxylic acids is 1. The Hall–Kier alpha value is -2.38. The van der Waals surface area contributed by atoms with E-state index in [-0.39, 0.29) is 34.3 Å². The second-order valence-corrected chi connectivity index (χ2v) is 9.10. The third-order valence-corrected chi connectivity index (χ3v) is 6.49. The van der Waals surface area contributed by atoms with Crippen molar-refractivity contribution >= 4 is 40.3 Å². The number of pyridine rings is 1. The van der Waals surface area contributed by atoms with Crippen molar-refractivity contribution < 1.29 is 13.9 Å². The van der Waals surface area contributed by atoms with Gasteiger partial charge in [-0.25, -0.2) is 9.37 Å². The van der Waals surface area contributed by atoms with E-state index in [0.717, 1.165) is 25.7 Å². The molecule has 1 saturated carbocycles. The Morgan fingerprint density at radius 1 is 1.19 bits per heavy atom. The van der Waals surface area contributed by atoms with Gasteiger partial charge in [-0.1, -0.05) is 30.1 Å². The molecule has 2 heterocycles. The number of aromatic nitrogens is 3. The van der Waals surface area contributed by atoms with Gasteiger partial charge in [-0.3, -0.25) is 4.79 Å². The van der Waals surface area contributed by atoms with Crippen LogP contribution in [0.2, 0.25) is 10.0 Å². The normalized spacial score (nSPS) is 18.7. The van der Waals surface area contributed by atoms with Crippen molar-refractivity contribution in [3.8, 4) is 5.88 Å². The molecule has 3 aromatic rings. The summed E-state index contributed by atoms with van der Waals surface area (Å²) in [4.78, 5) is 25.1. The summed E-state index contributed by atoms with van der Waals surface area (Å²) in [6, 6.07) is 4.29. The van der Waals surface area contributed by atoms with Crippen LogP contribution in [0.5, 0.6) is 5.88 Å². The van der Waals surface area contributed by atoms with Gasteiger partial charge < -0.3 is 15.0 Å². The van der Waals surface area contributed by atoms with Gasteiger partial charge in [-0.05, 0) is 62.3 Å². The second kappa shape index (κ2) is 9.63. The Labute approximate surface area is 195 Å². The summed E-state index contributed by atoms with van der Waals surface area (Å²) in [7, 11) is 0. The van der Waals surface area contributed by atoms with E-state index in [0.29, 0.717) is 40.6 Å². The number of carbonyl (C=O) groups is 1. The number of ether oxygens (including phenoxy) is 1. The summed E-state index contributed by atoms with van der Waals surface area (Å²) in [6.07, 6.45) is 4.43. The van der Waals surface area contributed by atoms with Gasteiger partial charge >= 0.3 is 0 Å². The summed E-state index contributed by atoms with van der Waals surface area (Å²) >= 11 is 12.3. The van der Waals surface area contributed by atoms with E-state index in [2.05, 4.69) is 27.2 Å². The Morgan fingerprint density at radius 3 is 2.53 bits per heavy atom. The number of H-pyrrole nitrogens is 1. The van der Waals surface area contributed by atoms with Crippen LogP contribution in [0.3, 0.4) is 0 Å². The lowest BCUT2D eigenvalue weighted by Crippen LogP contribution is -2.37. The Morgan fingerprint density at radius 2 is 1.88 bits per heavy atom. The predicted molar refractivity (Wildman–Crippen MR) is 123 cm³/mol. The maximum absolute atomic E-state index is 13.5. The van der Waals surface area contributed by atoms with Crippen molar-refractivity contribution in [2.45, 2.75) is 52.0 Å². The molecule has 1 aromatic carbocycles. The fraction of sp³-hybridized carbons (Fsp3) is 0.435. The van der Waals surface area contributed by atoms with Crippen molar-refractivity contribution in [2.75, 3.05) is 6.61 Å². The molecular weight excluding hydrogens is 454 g/mol. The first-order valence-corrected chi connectivity index (χ1v) is 11.6. The zero-order chi connectivity index (χ0) is 22.8. The molecule has 0 unspecified atom stereocenters. The zero-order valence-corrected chi connectivity index (χ0v) is 19.5. The highest BCUT2D eigenvalue weighted by molar-refractivity contribution is 6.36. The standard InChI is InChI=1S/C23H25Cl2FN4O2/c1-3-32-23-16(22(31)27-14-6-4-12(2)5-7-14)10-19-21(30-23)29-20(28-19)11-15-17(24)8-13(26)9-18(15)25/h8-10,12,14H,3-7,11H2,1-2H3,(H,27,31)(H,28,29,30). The highest BCUT2D eigenvalue weighted by Gasteiger charge is 2.24. The van der Waals surface area contributed by atoms with E-state index >= 15 is 0 Å². The minimum absolute atomic E-state index is 0.156. The van der Waals surface area contributed by atoms with Gasteiger partial charge in [-0.2, -0.15) is 4.98 Å². The van der Waals surface area contributed by atoms with E-state index in [4.69, 9.17) is 27.9 Å². The number of rotatable bonds is 6. The van der Waals surface area contributed by atoms with E-state index < -0.39 is 5.82 Å². The van der Waals surface area contributed by atoms with Crippen LogP contribution in [-0.4, -0.2) is 33.5 Å². The number of hydrogen-bond acceptors (Lipinski definition) is 4. The smallest absolute Gasteiger partial charge is 0.257 e. The van der Waals surface area contributed by atoms with Crippen LogP contribution in [-0.2, 0) is 6.42 Å². The molecule has 0 atom stereocenters. The number of nitrogens with one attached hydrogen (secondary N) is 2. The molecule has 1 amide bonds. The van der Waals surface area contributed by atoms with Crippen LogP contribution in [0.1, 0.15) is 61.3 Å². The Kier molecular flexibility index (Phi) is 6.86. The second-order valence-electron chi connectivity index (χ2n) is 8.28. The van der Waals surface area contributed by atoms with Gasteiger partial charge in [0.1, 0.15) is 17.2 Å². The minimum Gasteiger partial charge on any atom is -0.477 e. The molecule has 0 spiro atoms. The fourth-order valence-corrected chi connectivity index (χ4v) is 4.64. The molecule has 1 fully saturated rings. The molecule has 2 N–H and O–H groups in total. The summed E-state index contributed by atoms with van der Waals surface area (Å²) in [6.45, 7) is 4.45. The molecule has 1 aliphatic carbocycles. The maximum atomic E-state index is 13.5. The van der Waals surface area contributed by atoms with Crippen molar-refractivity contribution in [2.24, 2.45) is 5.92 Å². The number of nitrogens with zero attached hydrogens (tertiary/aromatic N) is 2. The molecule has 170 valence electrons. The van der Waals surface area contributed by atoms with Crippen LogP contribution >= 0.6 is 23.2 Å². The van der Waals surface area contributed by atoms with Crippen molar-refractivity contribution in [1.29, 1.82) is 0 Å². The molecule has 4 rings (SSSR count). The first-order valence-electron chi connectivity index (χ1n) is 10.8. The van der Waals surface area contributed by atoms with E-state index in [1.165, 1.54) is 12.1 Å². The summed E-state index contributed by atoms with van der Waals surface area (Å²) in [5.41, 5.74) is 1.94. The highest BCUT2D eigenvalue weighted by atomic mass is 35.5. The van der Waals surface area contributed by atoms with Crippen molar-refractivity contribution in [3.05, 3.63) is 51.0 Å². The quantitative estimate of drug-likeness (QED) is 0.475. The van der Waals surface area contributed by atoms with Crippen LogP contribution in [0.25, 0.3) is 11.2 Å². The maximum Gasteiger partial charge on any atom is 0.257 e. The Balaban J connectivity index is 1.61. The lowest BCUT2D eigenvalue weighted by Gasteiger charge is -2.27. The zero-order valence-electron chi connectivity index (χ0n) is 18.0. The van der Waals surface area contributed by atoms with E-state index in [1.54, 1.807) is 6.07 Å². The monoisotopic (exact) mass is 478 g/mol. The molecule has 0 radical (unpaired) electrons. The first-order chi connectivity index (χ1) is 15.3. The third kappa shape index (κ3) is 4.99. The number of aromatic amines is 1. The average molecular weight is 479 g/mol. The summed E-state index contributed by atoms with van der Waals surface area (Å²) in [5.74, 6) is 0.788. The van der Waals surface area contributed by atoms with Crippen LogP contribution in [0.4, 0.5) is 4.39 Å². The molecule has 9 heteroatoms. The van der Waals surface area contributed by atoms with Crippen molar-refractivity contribution in [1.82, 2.24) is 20.3 Å². The molecule has 0 saturated heterocycles. The predicted octanol–water partition coefficient (Wildman–Crippen LogP) is 5.70. The van der Waals surface area contributed by atoms with Crippen LogP contribution in [0, 0.1) is 11.7 Å². The van der Waals surface area contributed by atoms with Gasteiger partial charge in [0.15, 0.2) is 5.65 Å². The number of fused-ring (bicyclic) bond motifs is 1. The molecule has 6 nitrogen and oxygen atoms in total. The lowest BCUT2D eigenvalue weighted by atomic mass is 9.87. The van der Waals surface area contributed by atoms with Gasteiger partial charge in [0.2, 0.25) is 5.88 Å². The number of hydrogen-bond donors (Lipinski definition) is 2. The lowest BCUT2D eigenvalue weighted by molar-refractivity contribution is 0.0918. The summed E-state index contributed by atoms with van der Waals surface area (Å²) < 4.78 is 19.1. The number of imidazole rings is 1. The fourth-order valence-electron chi connectivity index (χ4n) is 4.04. The first kappa shape index (κ1) is 22.8. The summed E-state index contributed by atoms with van der Waals surface area (Å²) in [5, 5.41) is 3.57. The molecular formula is C23H25Cl2FN4O2. The average Bonchev–Trinajstić information content (AvgIpc) is 3.13. The van der Waals surface area contributed by atoms with E-state index in [1.807, 2.05) is 6.92 Å². The van der Waals surface area contributed by atoms with Crippen molar-refractivity contribution in [3.63, 3.8) is 0 Å². The topological polar surface area (TPSA) is 79.9 Å². The third-order valence-electron chi connectivity index (χ3n) is 5.81. The molecule has 2 aromatic heterocycles. The molecule has 0 bridgehead atoms. The number of amides is 1. The minimum atomic E-state index is -0.501. The van der Waals surface area contributed by atoms with Gasteiger partial charge in [0.05, 0.1) is 12.1 Å². The number of halogens is 3. The van der Waals surface area contributed by atoms with Gasteiger partial charge in [0, 0.05) is 22.5 Å². The Bertz CT molecular complexity index is 1120. The number of benzene rings is 1. The van der Waals surface area contributed by atoms with Gasteiger partial charge in [-0.15, -0.1) is 0 Å². The van der Waals surface area contributed by atoms with Gasteiger partial charge in [0.25, 0.3) is 5.91 Å².